The molecule has 1 atom stereocenters. The minimum absolute atomic E-state index is 0.0792. The first kappa shape index (κ1) is 12.4. The lowest BCUT2D eigenvalue weighted by Gasteiger charge is -2.32. The second-order valence-electron chi connectivity index (χ2n) is 3.98. The van der Waals surface area contributed by atoms with Crippen molar-refractivity contribution in [3.8, 4) is 5.75 Å². The molecular formula is C12H13N2O4. The molecule has 0 saturated carbocycles. The number of primary amides is 1. The Bertz CT molecular complexity index is 501. The van der Waals surface area contributed by atoms with Gasteiger partial charge >= 0.3 is 0 Å². The summed E-state index contributed by atoms with van der Waals surface area (Å²) in [6.07, 6.45) is -1.34. The first-order chi connectivity index (χ1) is 8.54. The average Bonchev–Trinajstić information content (AvgIpc) is 2.32. The number of nitrogens with zero attached hydrogens (tertiary/aromatic N) is 1. The summed E-state index contributed by atoms with van der Waals surface area (Å²) < 4.78 is 5.30. The molecule has 6 heteroatoms. The first-order valence-corrected chi connectivity index (χ1v) is 5.45. The number of β-amino-alcohol motifs (C(OH)–C–C–N with tert-alkyl or cyclic N) is 1. The summed E-state index contributed by atoms with van der Waals surface area (Å²) >= 11 is 0. The second kappa shape index (κ2) is 4.66. The number of carbonyl (C=O) groups excluding carboxylic acids is 2. The van der Waals surface area contributed by atoms with E-state index in [1.165, 1.54) is 4.90 Å². The largest absolute Gasteiger partial charge is 0.468 e. The number of aliphatic hydroxyl groups is 1. The highest BCUT2D eigenvalue weighted by Gasteiger charge is 2.37. The fourth-order valence-electron chi connectivity index (χ4n) is 1.82. The number of rotatable bonds is 3. The van der Waals surface area contributed by atoms with Crippen LogP contribution in [-0.2, 0) is 9.59 Å². The molecule has 1 aromatic carbocycles. The van der Waals surface area contributed by atoms with Crippen LogP contribution in [0.25, 0.3) is 0 Å². The van der Waals surface area contributed by atoms with E-state index in [4.69, 9.17) is 15.6 Å². The summed E-state index contributed by atoms with van der Waals surface area (Å²) in [5.74, 6) is -1.02. The molecule has 2 amide bonds. The fourth-order valence-corrected chi connectivity index (χ4v) is 1.82. The zero-order valence-electron chi connectivity index (χ0n) is 9.84. The van der Waals surface area contributed by atoms with Crippen molar-refractivity contribution in [3.05, 3.63) is 23.8 Å². The Balaban J connectivity index is 2.46. The van der Waals surface area contributed by atoms with Gasteiger partial charge in [0.15, 0.2) is 0 Å². The summed E-state index contributed by atoms with van der Waals surface area (Å²) in [5, 5.41) is 8.98. The number of amides is 2. The van der Waals surface area contributed by atoms with E-state index in [-0.39, 0.29) is 13.2 Å². The number of hydrogen-bond acceptors (Lipinski definition) is 4. The number of aliphatic hydroxyl groups excluding tert-OH is 1. The van der Waals surface area contributed by atoms with E-state index >= 15 is 0 Å². The predicted molar refractivity (Wildman–Crippen MR) is 63.1 cm³/mol. The zero-order chi connectivity index (χ0) is 13.3. The van der Waals surface area contributed by atoms with Gasteiger partial charge in [0.2, 0.25) is 0 Å². The molecule has 1 aliphatic rings. The van der Waals surface area contributed by atoms with E-state index in [1.807, 2.05) is 6.92 Å². The van der Waals surface area contributed by atoms with Crippen molar-refractivity contribution in [2.45, 2.75) is 13.0 Å². The lowest BCUT2D eigenvalue weighted by molar-refractivity contribution is -0.136. The molecule has 1 heterocycles. The molecule has 18 heavy (non-hydrogen) atoms. The number of benzene rings is 1. The van der Waals surface area contributed by atoms with Crippen molar-refractivity contribution >= 4 is 17.5 Å². The Morgan fingerprint density at radius 1 is 1.67 bits per heavy atom. The summed E-state index contributed by atoms with van der Waals surface area (Å²) in [6, 6.07) is 6.20. The number of nitrogens with two attached hydrogens (primary N) is 1. The SMILES string of the molecule is Cc1[c]cc2c(c1)OC(C(N)=O)C(=O)N2CCO. The minimum atomic E-state index is -1.34. The highest BCUT2D eigenvalue weighted by Crippen LogP contribution is 2.34. The van der Waals surface area contributed by atoms with Gasteiger partial charge in [-0.25, -0.2) is 0 Å². The van der Waals surface area contributed by atoms with Gasteiger partial charge in [-0.1, -0.05) is 0 Å². The molecule has 6 nitrogen and oxygen atoms in total. The van der Waals surface area contributed by atoms with Crippen molar-refractivity contribution in [1.29, 1.82) is 0 Å². The monoisotopic (exact) mass is 249 g/mol. The van der Waals surface area contributed by atoms with Gasteiger partial charge in [0.05, 0.1) is 12.3 Å². The summed E-state index contributed by atoms with van der Waals surface area (Å²) in [4.78, 5) is 24.5. The van der Waals surface area contributed by atoms with E-state index in [0.29, 0.717) is 11.4 Å². The zero-order valence-corrected chi connectivity index (χ0v) is 9.84. The lowest BCUT2D eigenvalue weighted by Crippen LogP contribution is -2.52. The van der Waals surface area contributed by atoms with Crippen LogP contribution >= 0.6 is 0 Å². The molecule has 1 aromatic rings. The number of ether oxygens (including phenoxy) is 1. The van der Waals surface area contributed by atoms with Crippen LogP contribution in [0.5, 0.6) is 5.75 Å². The molecule has 0 fully saturated rings. The molecule has 0 saturated heterocycles. The molecule has 1 unspecified atom stereocenters. The highest BCUT2D eigenvalue weighted by molar-refractivity contribution is 6.12. The van der Waals surface area contributed by atoms with Gasteiger partial charge < -0.3 is 20.5 Å². The van der Waals surface area contributed by atoms with Crippen LogP contribution in [0.3, 0.4) is 0 Å². The number of carbonyl (C=O) groups is 2. The number of anilines is 1. The van der Waals surface area contributed by atoms with E-state index in [9.17, 15) is 9.59 Å². The standard InChI is InChI=1S/C12H13N2O4/c1-7-2-3-8-9(6-7)18-10(11(13)16)12(17)14(8)4-5-15/h3,6,10,15H,4-5H2,1H3,(H2,13,16). The van der Waals surface area contributed by atoms with Crippen LogP contribution in [-0.4, -0.2) is 36.2 Å². The molecule has 0 bridgehead atoms. The molecule has 0 aromatic heterocycles. The molecule has 0 spiro atoms. The van der Waals surface area contributed by atoms with Crippen molar-refractivity contribution in [2.24, 2.45) is 5.73 Å². The van der Waals surface area contributed by atoms with Crippen LogP contribution in [0.15, 0.2) is 12.1 Å². The smallest absolute Gasteiger partial charge is 0.278 e. The topological polar surface area (TPSA) is 92.9 Å². The van der Waals surface area contributed by atoms with Gasteiger partial charge in [-0.3, -0.25) is 9.59 Å². The Labute approximate surface area is 104 Å². The maximum Gasteiger partial charge on any atom is 0.278 e. The molecule has 0 aliphatic carbocycles. The van der Waals surface area contributed by atoms with Crippen LogP contribution in [0, 0.1) is 13.0 Å². The molecule has 3 N–H and O–H groups in total. The van der Waals surface area contributed by atoms with Crippen molar-refractivity contribution in [3.63, 3.8) is 0 Å². The van der Waals surface area contributed by atoms with E-state index in [1.54, 1.807) is 12.1 Å². The third kappa shape index (κ3) is 2.02. The van der Waals surface area contributed by atoms with Crippen molar-refractivity contribution in [2.75, 3.05) is 18.1 Å². The lowest BCUT2D eigenvalue weighted by atomic mass is 10.1. The third-order valence-electron chi connectivity index (χ3n) is 2.64. The number of hydrogen-bond donors (Lipinski definition) is 2. The summed E-state index contributed by atoms with van der Waals surface area (Å²) in [5.41, 5.74) is 6.43. The number of aryl methyl sites for hydroxylation is 1. The van der Waals surface area contributed by atoms with Gasteiger partial charge in [-0.15, -0.1) is 0 Å². The van der Waals surface area contributed by atoms with Gasteiger partial charge in [-0.05, 0) is 30.7 Å². The van der Waals surface area contributed by atoms with Crippen LogP contribution in [0.1, 0.15) is 5.56 Å². The van der Waals surface area contributed by atoms with Crippen LogP contribution in [0.4, 0.5) is 5.69 Å². The van der Waals surface area contributed by atoms with Crippen LogP contribution < -0.4 is 15.4 Å². The van der Waals surface area contributed by atoms with Gasteiger partial charge in [0, 0.05) is 6.54 Å². The van der Waals surface area contributed by atoms with Crippen molar-refractivity contribution < 1.29 is 19.4 Å². The minimum Gasteiger partial charge on any atom is -0.468 e. The molecule has 95 valence electrons. The Morgan fingerprint density at radius 2 is 2.39 bits per heavy atom. The van der Waals surface area contributed by atoms with E-state index < -0.39 is 17.9 Å². The van der Waals surface area contributed by atoms with E-state index in [2.05, 4.69) is 6.07 Å². The molecular weight excluding hydrogens is 236 g/mol. The van der Waals surface area contributed by atoms with Gasteiger partial charge in [0.1, 0.15) is 5.75 Å². The van der Waals surface area contributed by atoms with Gasteiger partial charge in [0.25, 0.3) is 17.9 Å². The van der Waals surface area contributed by atoms with Crippen LogP contribution in [0.2, 0.25) is 0 Å². The average molecular weight is 249 g/mol. The Morgan fingerprint density at radius 3 is 3.00 bits per heavy atom. The quantitative estimate of drug-likeness (QED) is 0.697. The molecule has 1 radical (unpaired) electrons. The Kier molecular flexibility index (Phi) is 3.20. The maximum atomic E-state index is 12.0. The normalized spacial score (nSPS) is 18.2. The number of fused-ring (bicyclic) bond motifs is 1. The summed E-state index contributed by atoms with van der Waals surface area (Å²) in [6.45, 7) is 1.68. The maximum absolute atomic E-state index is 12.0. The third-order valence-corrected chi connectivity index (χ3v) is 2.64. The van der Waals surface area contributed by atoms with E-state index in [0.717, 1.165) is 5.56 Å². The molecule has 1 aliphatic heterocycles. The van der Waals surface area contributed by atoms with Gasteiger partial charge in [-0.2, -0.15) is 0 Å². The second-order valence-corrected chi connectivity index (χ2v) is 3.98. The van der Waals surface area contributed by atoms with Crippen molar-refractivity contribution in [1.82, 2.24) is 0 Å². The Hall–Kier alpha value is -2.08. The highest BCUT2D eigenvalue weighted by atomic mass is 16.5. The molecule has 2 rings (SSSR count). The predicted octanol–water partition coefficient (Wildman–Crippen LogP) is -0.633. The first-order valence-electron chi connectivity index (χ1n) is 5.45. The summed E-state index contributed by atoms with van der Waals surface area (Å²) in [7, 11) is 0. The fraction of sp³-hybridized carbons (Fsp3) is 0.333.